The molecule has 5 nitrogen and oxygen atoms in total. The summed E-state index contributed by atoms with van der Waals surface area (Å²) in [6.45, 7) is 5.36. The number of hydrogen-bond acceptors (Lipinski definition) is 3. The van der Waals surface area contributed by atoms with Gasteiger partial charge in [-0.15, -0.1) is 0 Å². The minimum atomic E-state index is 0.0484. The minimum Gasteiger partial charge on any atom is -0.354 e. The van der Waals surface area contributed by atoms with Gasteiger partial charge in [0.15, 0.2) is 0 Å². The molecule has 0 saturated carbocycles. The molecule has 104 valence electrons. The van der Waals surface area contributed by atoms with Crippen molar-refractivity contribution in [3.05, 3.63) is 0 Å². The lowest BCUT2D eigenvalue weighted by atomic mass is 9.93. The highest BCUT2D eigenvalue weighted by atomic mass is 16.2. The SMILES string of the molecule is CC(C)C[C@H](CN)CC(=O)NC1CCC(=O)NC1. The number of piperidine rings is 1. The first-order valence-electron chi connectivity index (χ1n) is 6.77. The molecule has 1 fully saturated rings. The smallest absolute Gasteiger partial charge is 0.220 e. The molecule has 2 amide bonds. The third kappa shape index (κ3) is 5.49. The van der Waals surface area contributed by atoms with E-state index in [1.165, 1.54) is 0 Å². The summed E-state index contributed by atoms with van der Waals surface area (Å²) >= 11 is 0. The number of amides is 2. The molecule has 1 unspecified atom stereocenters. The zero-order chi connectivity index (χ0) is 13.5. The molecular formula is C13H25N3O2. The van der Waals surface area contributed by atoms with Crippen molar-refractivity contribution < 1.29 is 9.59 Å². The van der Waals surface area contributed by atoms with Crippen molar-refractivity contribution >= 4 is 11.8 Å². The van der Waals surface area contributed by atoms with Gasteiger partial charge in [0.1, 0.15) is 0 Å². The maximum absolute atomic E-state index is 11.9. The van der Waals surface area contributed by atoms with Crippen LogP contribution in [0.5, 0.6) is 0 Å². The van der Waals surface area contributed by atoms with Gasteiger partial charge in [-0.2, -0.15) is 0 Å². The number of nitrogens with two attached hydrogens (primary N) is 1. The van der Waals surface area contributed by atoms with Gasteiger partial charge in [-0.1, -0.05) is 13.8 Å². The van der Waals surface area contributed by atoms with E-state index in [0.717, 1.165) is 12.8 Å². The van der Waals surface area contributed by atoms with E-state index in [2.05, 4.69) is 24.5 Å². The summed E-state index contributed by atoms with van der Waals surface area (Å²) in [6.07, 6.45) is 2.69. The first kappa shape index (κ1) is 15.0. The van der Waals surface area contributed by atoms with Crippen LogP contribution in [-0.4, -0.2) is 30.9 Å². The molecule has 0 radical (unpaired) electrons. The summed E-state index contributed by atoms with van der Waals surface area (Å²) < 4.78 is 0. The lowest BCUT2D eigenvalue weighted by molar-refractivity contribution is -0.126. The van der Waals surface area contributed by atoms with Crippen LogP contribution < -0.4 is 16.4 Å². The Balaban J connectivity index is 2.29. The van der Waals surface area contributed by atoms with Gasteiger partial charge in [0.05, 0.1) is 0 Å². The van der Waals surface area contributed by atoms with E-state index in [4.69, 9.17) is 5.73 Å². The Morgan fingerprint density at radius 3 is 2.78 bits per heavy atom. The van der Waals surface area contributed by atoms with Crippen molar-refractivity contribution in [2.45, 2.75) is 45.6 Å². The predicted octanol–water partition coefficient (Wildman–Crippen LogP) is 0.392. The fraction of sp³-hybridized carbons (Fsp3) is 0.846. The fourth-order valence-electron chi connectivity index (χ4n) is 2.33. The second-order valence-corrected chi connectivity index (χ2v) is 5.54. The molecule has 0 aliphatic carbocycles. The summed E-state index contributed by atoms with van der Waals surface area (Å²) in [5.41, 5.74) is 5.68. The number of nitrogens with one attached hydrogen (secondary N) is 2. The zero-order valence-corrected chi connectivity index (χ0v) is 11.4. The van der Waals surface area contributed by atoms with E-state index in [1.807, 2.05) is 0 Å². The quantitative estimate of drug-likeness (QED) is 0.642. The molecule has 0 aromatic rings. The molecule has 1 heterocycles. The van der Waals surface area contributed by atoms with Crippen molar-refractivity contribution in [2.24, 2.45) is 17.6 Å². The Labute approximate surface area is 109 Å². The van der Waals surface area contributed by atoms with Crippen molar-refractivity contribution in [3.8, 4) is 0 Å². The van der Waals surface area contributed by atoms with Crippen molar-refractivity contribution in [2.75, 3.05) is 13.1 Å². The Morgan fingerprint density at radius 1 is 1.56 bits per heavy atom. The third-order valence-corrected chi connectivity index (χ3v) is 3.24. The van der Waals surface area contributed by atoms with Crippen LogP contribution in [0.4, 0.5) is 0 Å². The molecule has 1 aliphatic heterocycles. The monoisotopic (exact) mass is 255 g/mol. The number of hydrogen-bond donors (Lipinski definition) is 3. The molecule has 1 saturated heterocycles. The first-order valence-corrected chi connectivity index (χ1v) is 6.77. The average molecular weight is 255 g/mol. The van der Waals surface area contributed by atoms with Crippen LogP contribution in [0.25, 0.3) is 0 Å². The van der Waals surface area contributed by atoms with E-state index in [9.17, 15) is 9.59 Å². The second kappa shape index (κ2) is 7.36. The highest BCUT2D eigenvalue weighted by Crippen LogP contribution is 2.14. The molecule has 2 atom stereocenters. The van der Waals surface area contributed by atoms with Gasteiger partial charge >= 0.3 is 0 Å². The van der Waals surface area contributed by atoms with Gasteiger partial charge in [-0.3, -0.25) is 9.59 Å². The van der Waals surface area contributed by atoms with Crippen LogP contribution in [0, 0.1) is 11.8 Å². The predicted molar refractivity (Wildman–Crippen MR) is 70.8 cm³/mol. The van der Waals surface area contributed by atoms with Crippen molar-refractivity contribution in [1.29, 1.82) is 0 Å². The molecule has 0 aromatic heterocycles. The van der Waals surface area contributed by atoms with Crippen LogP contribution in [-0.2, 0) is 9.59 Å². The van der Waals surface area contributed by atoms with Crippen molar-refractivity contribution in [1.82, 2.24) is 10.6 Å². The summed E-state index contributed by atoms with van der Waals surface area (Å²) in [7, 11) is 0. The van der Waals surface area contributed by atoms with Crippen LogP contribution >= 0.6 is 0 Å². The molecule has 18 heavy (non-hydrogen) atoms. The Bertz CT molecular complexity index is 282. The topological polar surface area (TPSA) is 84.2 Å². The minimum absolute atomic E-state index is 0.0484. The van der Waals surface area contributed by atoms with E-state index in [1.54, 1.807) is 0 Å². The first-order chi connectivity index (χ1) is 8.51. The van der Waals surface area contributed by atoms with E-state index in [-0.39, 0.29) is 23.8 Å². The van der Waals surface area contributed by atoms with Crippen LogP contribution in [0.3, 0.4) is 0 Å². The average Bonchev–Trinajstić information content (AvgIpc) is 2.30. The summed E-state index contributed by atoms with van der Waals surface area (Å²) in [4.78, 5) is 22.9. The normalized spacial score (nSPS) is 21.6. The molecule has 4 N–H and O–H groups in total. The van der Waals surface area contributed by atoms with E-state index < -0.39 is 0 Å². The Morgan fingerprint density at radius 2 is 2.28 bits per heavy atom. The maximum Gasteiger partial charge on any atom is 0.220 e. The summed E-state index contributed by atoms with van der Waals surface area (Å²) in [5.74, 6) is 0.927. The van der Waals surface area contributed by atoms with Gasteiger partial charge < -0.3 is 16.4 Å². The molecule has 0 bridgehead atoms. The number of carbonyl (C=O) groups excluding carboxylic acids is 2. The largest absolute Gasteiger partial charge is 0.354 e. The molecule has 1 aliphatic rings. The van der Waals surface area contributed by atoms with Gasteiger partial charge in [-0.25, -0.2) is 0 Å². The third-order valence-electron chi connectivity index (χ3n) is 3.24. The number of carbonyl (C=O) groups is 2. The van der Waals surface area contributed by atoms with Crippen LogP contribution in [0.1, 0.15) is 39.5 Å². The lowest BCUT2D eigenvalue weighted by Gasteiger charge is -2.24. The van der Waals surface area contributed by atoms with Gasteiger partial charge in [0, 0.05) is 25.4 Å². The lowest BCUT2D eigenvalue weighted by Crippen LogP contribution is -2.48. The van der Waals surface area contributed by atoms with Gasteiger partial charge in [-0.05, 0) is 31.2 Å². The van der Waals surface area contributed by atoms with Crippen LogP contribution in [0.2, 0.25) is 0 Å². The zero-order valence-electron chi connectivity index (χ0n) is 11.4. The highest BCUT2D eigenvalue weighted by molar-refractivity contribution is 5.79. The summed E-state index contributed by atoms with van der Waals surface area (Å²) in [6, 6.07) is 0.0766. The highest BCUT2D eigenvalue weighted by Gasteiger charge is 2.21. The standard InChI is InChI=1S/C13H25N3O2/c1-9(2)5-10(7-14)6-13(18)16-11-3-4-12(17)15-8-11/h9-11H,3-8,14H2,1-2H3,(H,15,17)(H,16,18)/t10-,11?/m0/s1. The Kier molecular flexibility index (Phi) is 6.12. The van der Waals surface area contributed by atoms with E-state index in [0.29, 0.717) is 31.8 Å². The van der Waals surface area contributed by atoms with Crippen LogP contribution in [0.15, 0.2) is 0 Å². The molecule has 0 spiro atoms. The van der Waals surface area contributed by atoms with Gasteiger partial charge in [0.2, 0.25) is 11.8 Å². The second-order valence-electron chi connectivity index (χ2n) is 5.54. The number of rotatable bonds is 6. The van der Waals surface area contributed by atoms with Gasteiger partial charge in [0.25, 0.3) is 0 Å². The summed E-state index contributed by atoms with van der Waals surface area (Å²) in [5, 5.41) is 5.73. The molecular weight excluding hydrogens is 230 g/mol. The fourth-order valence-corrected chi connectivity index (χ4v) is 2.33. The Hall–Kier alpha value is -1.10. The molecule has 0 aromatic carbocycles. The molecule has 5 heteroatoms. The maximum atomic E-state index is 11.9. The van der Waals surface area contributed by atoms with Crippen molar-refractivity contribution in [3.63, 3.8) is 0 Å². The molecule has 1 rings (SSSR count). The van der Waals surface area contributed by atoms with E-state index >= 15 is 0 Å².